The van der Waals surface area contributed by atoms with E-state index in [4.69, 9.17) is 15.2 Å². The molecule has 0 spiro atoms. The lowest BCUT2D eigenvalue weighted by Gasteiger charge is -2.34. The Hall–Kier alpha value is -1.99. The summed E-state index contributed by atoms with van der Waals surface area (Å²) in [5.74, 6) is 1.89. The van der Waals surface area contributed by atoms with Gasteiger partial charge < -0.3 is 20.1 Å². The highest BCUT2D eigenvalue weighted by Crippen LogP contribution is 2.30. The van der Waals surface area contributed by atoms with Crippen molar-refractivity contribution in [3.05, 3.63) is 18.5 Å². The lowest BCUT2D eigenvalue weighted by molar-refractivity contribution is -0.0889. The van der Waals surface area contributed by atoms with Gasteiger partial charge in [-0.15, -0.1) is 0 Å². The molecular weight excluding hydrogens is 282 g/mol. The Balaban J connectivity index is 1.53. The van der Waals surface area contributed by atoms with Crippen molar-refractivity contribution in [1.29, 1.82) is 0 Å². The average molecular weight is 301 g/mol. The molecular formula is C15H19N5O2. The first-order valence-corrected chi connectivity index (χ1v) is 7.66. The Morgan fingerprint density at radius 3 is 2.64 bits per heavy atom. The van der Waals surface area contributed by atoms with E-state index in [0.717, 1.165) is 37.1 Å². The summed E-state index contributed by atoms with van der Waals surface area (Å²) in [5, 5.41) is 0.948. The topological polar surface area (TPSA) is 86.4 Å². The van der Waals surface area contributed by atoms with Crippen LogP contribution in [0.4, 0.5) is 11.6 Å². The van der Waals surface area contributed by atoms with Crippen LogP contribution in [0.1, 0.15) is 12.8 Å². The maximum Gasteiger partial charge on any atom is 0.166 e. The van der Waals surface area contributed by atoms with E-state index < -0.39 is 0 Å². The first-order valence-electron chi connectivity index (χ1n) is 7.66. The van der Waals surface area contributed by atoms with E-state index in [2.05, 4.69) is 19.9 Å². The largest absolute Gasteiger partial charge is 0.384 e. The Morgan fingerprint density at radius 1 is 1.09 bits per heavy atom. The molecule has 2 fully saturated rings. The molecule has 0 bridgehead atoms. The van der Waals surface area contributed by atoms with Crippen LogP contribution in [0.25, 0.3) is 11.0 Å². The Morgan fingerprint density at radius 2 is 1.86 bits per heavy atom. The second kappa shape index (κ2) is 5.66. The fourth-order valence-electron chi connectivity index (χ4n) is 3.23. The number of fused-ring (bicyclic) bond motifs is 1. The number of hydrogen-bond acceptors (Lipinski definition) is 7. The quantitative estimate of drug-likeness (QED) is 0.891. The van der Waals surface area contributed by atoms with Crippen molar-refractivity contribution in [1.82, 2.24) is 15.0 Å². The van der Waals surface area contributed by atoms with Crippen LogP contribution in [0, 0.1) is 5.92 Å². The van der Waals surface area contributed by atoms with Gasteiger partial charge in [0.05, 0.1) is 18.6 Å². The number of pyridine rings is 1. The monoisotopic (exact) mass is 301 g/mol. The van der Waals surface area contributed by atoms with Crippen LogP contribution in [-0.2, 0) is 9.47 Å². The Labute approximate surface area is 128 Å². The van der Waals surface area contributed by atoms with Crippen LogP contribution in [0.15, 0.2) is 18.5 Å². The number of rotatable bonds is 2. The number of aromatic nitrogens is 3. The van der Waals surface area contributed by atoms with Crippen molar-refractivity contribution in [3.63, 3.8) is 0 Å². The Bertz CT molecular complexity index is 666. The van der Waals surface area contributed by atoms with E-state index in [9.17, 15) is 0 Å². The molecule has 2 saturated heterocycles. The molecule has 2 N–H and O–H groups in total. The zero-order chi connectivity index (χ0) is 14.9. The number of nitrogens with zero attached hydrogens (tertiary/aromatic N) is 4. The molecule has 0 aliphatic carbocycles. The van der Waals surface area contributed by atoms with Crippen molar-refractivity contribution in [3.8, 4) is 0 Å². The molecule has 0 unspecified atom stereocenters. The molecule has 2 aromatic rings. The molecule has 0 aromatic carbocycles. The minimum absolute atomic E-state index is 0.0224. The van der Waals surface area contributed by atoms with Crippen LogP contribution < -0.4 is 10.6 Å². The zero-order valence-corrected chi connectivity index (χ0v) is 12.3. The second-order valence-corrected chi connectivity index (χ2v) is 5.74. The molecule has 2 aliphatic heterocycles. The predicted molar refractivity (Wildman–Crippen MR) is 82.4 cm³/mol. The van der Waals surface area contributed by atoms with Gasteiger partial charge in [-0.25, -0.2) is 15.0 Å². The molecule has 22 heavy (non-hydrogen) atoms. The summed E-state index contributed by atoms with van der Waals surface area (Å²) in [4.78, 5) is 15.2. The predicted octanol–water partition coefficient (Wildman–Crippen LogP) is 1.20. The summed E-state index contributed by atoms with van der Waals surface area (Å²) >= 11 is 0. The molecule has 116 valence electrons. The van der Waals surface area contributed by atoms with E-state index in [0.29, 0.717) is 30.6 Å². The van der Waals surface area contributed by atoms with Gasteiger partial charge in [0, 0.05) is 19.0 Å². The molecule has 0 saturated carbocycles. The summed E-state index contributed by atoms with van der Waals surface area (Å²) in [5.41, 5.74) is 6.38. The third-order valence-corrected chi connectivity index (χ3v) is 4.37. The fourth-order valence-corrected chi connectivity index (χ4v) is 3.23. The highest BCUT2D eigenvalue weighted by Gasteiger charge is 2.31. The first-order chi connectivity index (χ1) is 10.8. The van der Waals surface area contributed by atoms with Crippen LogP contribution >= 0.6 is 0 Å². The van der Waals surface area contributed by atoms with Gasteiger partial charge >= 0.3 is 0 Å². The lowest BCUT2D eigenvalue weighted by atomic mass is 9.96. The van der Waals surface area contributed by atoms with E-state index in [1.807, 2.05) is 6.07 Å². The van der Waals surface area contributed by atoms with Crippen LogP contribution in [-0.4, -0.2) is 47.5 Å². The number of hydrogen-bond donors (Lipinski definition) is 1. The molecule has 0 amide bonds. The minimum Gasteiger partial charge on any atom is -0.384 e. The van der Waals surface area contributed by atoms with Crippen LogP contribution in [0.3, 0.4) is 0 Å². The van der Waals surface area contributed by atoms with Gasteiger partial charge in [0.25, 0.3) is 0 Å². The molecule has 2 aliphatic rings. The molecule has 2 aromatic heterocycles. The summed E-state index contributed by atoms with van der Waals surface area (Å²) in [6.07, 6.45) is 3.61. The third-order valence-electron chi connectivity index (χ3n) is 4.37. The van der Waals surface area contributed by atoms with Crippen molar-refractivity contribution >= 4 is 22.7 Å². The minimum atomic E-state index is -0.0224. The van der Waals surface area contributed by atoms with Gasteiger partial charge in [-0.3, -0.25) is 0 Å². The summed E-state index contributed by atoms with van der Waals surface area (Å²) in [6.45, 7) is 3.30. The van der Waals surface area contributed by atoms with Crippen LogP contribution in [0.5, 0.6) is 0 Å². The van der Waals surface area contributed by atoms with Crippen LogP contribution in [0.2, 0.25) is 0 Å². The van der Waals surface area contributed by atoms with E-state index in [1.165, 1.54) is 0 Å². The number of piperidine rings is 1. The molecule has 4 rings (SSSR count). The van der Waals surface area contributed by atoms with E-state index in [-0.39, 0.29) is 6.29 Å². The second-order valence-electron chi connectivity index (χ2n) is 5.74. The summed E-state index contributed by atoms with van der Waals surface area (Å²) in [7, 11) is 0. The normalized spacial score (nSPS) is 20.8. The Kier molecular flexibility index (Phi) is 3.51. The highest BCUT2D eigenvalue weighted by atomic mass is 16.7. The molecule has 7 nitrogen and oxygen atoms in total. The SMILES string of the molecule is Nc1ccc2c(N3CCC(C4OCCO4)CC3)ncnc2n1. The van der Waals surface area contributed by atoms with Crippen molar-refractivity contribution in [2.24, 2.45) is 5.92 Å². The number of anilines is 2. The van der Waals surface area contributed by atoms with Gasteiger partial charge in [-0.2, -0.15) is 0 Å². The number of ether oxygens (including phenoxy) is 2. The standard InChI is InChI=1S/C15H19N5O2/c16-12-2-1-11-13(19-12)17-9-18-14(11)20-5-3-10(4-6-20)15-21-7-8-22-15/h1-2,9-10,15H,3-8H2,(H2,16,17,18,19). The average Bonchev–Trinajstić information content (AvgIpc) is 3.09. The van der Waals surface area contributed by atoms with E-state index in [1.54, 1.807) is 12.4 Å². The fraction of sp³-hybridized carbons (Fsp3) is 0.533. The first kappa shape index (κ1) is 13.7. The maximum atomic E-state index is 5.73. The zero-order valence-electron chi connectivity index (χ0n) is 12.3. The van der Waals surface area contributed by atoms with Gasteiger partial charge in [0.15, 0.2) is 11.9 Å². The van der Waals surface area contributed by atoms with Gasteiger partial charge in [-0.1, -0.05) is 0 Å². The molecule has 0 atom stereocenters. The number of nitrogens with two attached hydrogens (primary N) is 1. The number of nitrogen functional groups attached to an aromatic ring is 1. The summed E-state index contributed by atoms with van der Waals surface area (Å²) in [6, 6.07) is 3.74. The third kappa shape index (κ3) is 2.46. The van der Waals surface area contributed by atoms with Gasteiger partial charge in [0.2, 0.25) is 0 Å². The maximum absolute atomic E-state index is 5.73. The lowest BCUT2D eigenvalue weighted by Crippen LogP contribution is -2.38. The van der Waals surface area contributed by atoms with E-state index >= 15 is 0 Å². The molecule has 0 radical (unpaired) electrons. The van der Waals surface area contributed by atoms with Gasteiger partial charge in [0.1, 0.15) is 18.0 Å². The summed E-state index contributed by atoms with van der Waals surface area (Å²) < 4.78 is 11.3. The van der Waals surface area contributed by atoms with Crippen molar-refractivity contribution in [2.45, 2.75) is 19.1 Å². The van der Waals surface area contributed by atoms with Gasteiger partial charge in [-0.05, 0) is 25.0 Å². The molecule has 7 heteroatoms. The smallest absolute Gasteiger partial charge is 0.166 e. The van der Waals surface area contributed by atoms with Crippen molar-refractivity contribution < 1.29 is 9.47 Å². The molecule has 4 heterocycles. The van der Waals surface area contributed by atoms with Crippen molar-refractivity contribution in [2.75, 3.05) is 36.9 Å². The highest BCUT2D eigenvalue weighted by molar-refractivity contribution is 5.87.